The molecule has 0 spiro atoms. The van der Waals surface area contributed by atoms with Gasteiger partial charge in [0.1, 0.15) is 0 Å². The molecule has 2 aliphatic heterocycles. The number of rotatable bonds is 3. The van der Waals surface area contributed by atoms with Crippen molar-refractivity contribution in [2.24, 2.45) is 11.8 Å². The van der Waals surface area contributed by atoms with Crippen molar-refractivity contribution in [3.63, 3.8) is 0 Å². The lowest BCUT2D eigenvalue weighted by Gasteiger charge is -2.50. The Hall–Kier alpha value is -1.61. The van der Waals surface area contributed by atoms with E-state index in [0.29, 0.717) is 19.8 Å². The minimum absolute atomic E-state index is 0.0382. The summed E-state index contributed by atoms with van der Waals surface area (Å²) in [7, 11) is 0. The SMILES string of the molecule is CC(O)(C(=O)N1C[C@@H]2CC[C@@H]1[C@H](C(=O)N[C@H]1CCc3ccc(Br)cc31)C2)C(F)(F)F. The van der Waals surface area contributed by atoms with Gasteiger partial charge in [-0.15, -0.1) is 0 Å². The fourth-order valence-corrected chi connectivity index (χ4v) is 5.49. The van der Waals surface area contributed by atoms with Gasteiger partial charge in [-0.2, -0.15) is 13.2 Å². The van der Waals surface area contributed by atoms with Crippen LogP contribution < -0.4 is 5.32 Å². The monoisotopic (exact) mass is 488 g/mol. The van der Waals surface area contributed by atoms with Gasteiger partial charge in [-0.1, -0.05) is 22.0 Å². The molecule has 5 nitrogen and oxygen atoms in total. The van der Waals surface area contributed by atoms with Gasteiger partial charge in [0, 0.05) is 17.1 Å². The topological polar surface area (TPSA) is 69.6 Å². The van der Waals surface area contributed by atoms with Crippen LogP contribution in [0.15, 0.2) is 22.7 Å². The molecule has 9 heteroatoms. The molecule has 2 N–H and O–H groups in total. The van der Waals surface area contributed by atoms with Crippen molar-refractivity contribution in [3.8, 4) is 0 Å². The number of piperidine rings is 2. The minimum atomic E-state index is -5.07. The summed E-state index contributed by atoms with van der Waals surface area (Å²) in [5.74, 6) is -2.20. The Bertz CT molecular complexity index is 874. The van der Waals surface area contributed by atoms with Gasteiger partial charge in [0.2, 0.25) is 11.5 Å². The summed E-state index contributed by atoms with van der Waals surface area (Å²) in [6, 6.07) is 5.19. The molecule has 0 radical (unpaired) electrons. The number of aliphatic hydroxyl groups is 1. The Morgan fingerprint density at radius 3 is 2.63 bits per heavy atom. The van der Waals surface area contributed by atoms with Crippen molar-refractivity contribution in [1.82, 2.24) is 10.2 Å². The van der Waals surface area contributed by atoms with E-state index in [9.17, 15) is 27.9 Å². The van der Waals surface area contributed by atoms with E-state index in [0.717, 1.165) is 34.2 Å². The molecule has 1 aromatic rings. The zero-order chi connectivity index (χ0) is 21.8. The van der Waals surface area contributed by atoms with Crippen molar-refractivity contribution >= 4 is 27.7 Å². The molecule has 5 atom stereocenters. The summed E-state index contributed by atoms with van der Waals surface area (Å²) in [6.45, 7) is 0.638. The number of hydrogen-bond acceptors (Lipinski definition) is 3. The number of nitrogens with one attached hydrogen (secondary N) is 1. The number of carbonyl (C=O) groups is 2. The van der Waals surface area contributed by atoms with Crippen molar-refractivity contribution in [2.45, 2.75) is 62.9 Å². The van der Waals surface area contributed by atoms with Crippen LogP contribution in [0.5, 0.6) is 0 Å². The minimum Gasteiger partial charge on any atom is -0.373 e. The maximum absolute atomic E-state index is 13.2. The number of aryl methyl sites for hydroxylation is 1. The number of benzene rings is 1. The molecule has 1 saturated carbocycles. The van der Waals surface area contributed by atoms with Crippen LogP contribution in [-0.4, -0.2) is 46.2 Å². The summed E-state index contributed by atoms with van der Waals surface area (Å²) >= 11 is 3.45. The maximum Gasteiger partial charge on any atom is 0.426 e. The number of nitrogens with zero attached hydrogens (tertiary/aromatic N) is 1. The molecule has 30 heavy (non-hydrogen) atoms. The molecular weight excluding hydrogens is 465 g/mol. The molecule has 3 fully saturated rings. The zero-order valence-corrected chi connectivity index (χ0v) is 18.1. The summed E-state index contributed by atoms with van der Waals surface area (Å²) in [6.07, 6.45) is -1.67. The molecule has 1 unspecified atom stereocenters. The Morgan fingerprint density at radius 2 is 1.97 bits per heavy atom. The van der Waals surface area contributed by atoms with Gasteiger partial charge in [0.15, 0.2) is 0 Å². The molecule has 2 bridgehead atoms. The average molecular weight is 489 g/mol. The zero-order valence-electron chi connectivity index (χ0n) is 16.5. The standard InChI is InChI=1S/C21H24BrF3N2O3/c1-20(30,21(23,24)25)19(29)27-10-11-2-7-17(27)15(8-11)18(28)26-16-6-4-12-3-5-13(22)9-14(12)16/h3,5,9,11,15-17,30H,2,4,6-8,10H2,1H3,(H,26,28)/t11-,15-,16+,17-,20?/m1/s1. The number of alkyl halides is 3. The lowest BCUT2D eigenvalue weighted by atomic mass is 9.71. The number of carbonyl (C=O) groups excluding carboxylic acids is 2. The van der Waals surface area contributed by atoms with E-state index >= 15 is 0 Å². The van der Waals surface area contributed by atoms with Crippen LogP contribution in [-0.2, 0) is 16.0 Å². The predicted octanol–water partition coefficient (Wildman–Crippen LogP) is 3.49. The quantitative estimate of drug-likeness (QED) is 0.683. The fraction of sp³-hybridized carbons (Fsp3) is 0.619. The van der Waals surface area contributed by atoms with Crippen LogP contribution in [0.1, 0.15) is 49.8 Å². The first-order chi connectivity index (χ1) is 14.0. The van der Waals surface area contributed by atoms with E-state index in [-0.39, 0.29) is 24.4 Å². The number of fused-ring (bicyclic) bond motifs is 4. The van der Waals surface area contributed by atoms with Crippen molar-refractivity contribution in [1.29, 1.82) is 0 Å². The second-order valence-corrected chi connectivity index (χ2v) is 9.74. The third-order valence-corrected chi connectivity index (χ3v) is 7.34. The fourth-order valence-electron chi connectivity index (χ4n) is 5.11. The second-order valence-electron chi connectivity index (χ2n) is 8.82. The van der Waals surface area contributed by atoms with Crippen molar-refractivity contribution in [2.75, 3.05) is 6.54 Å². The number of halogens is 4. The molecular formula is C21H24BrF3N2O3. The average Bonchev–Trinajstić information content (AvgIpc) is 3.08. The summed E-state index contributed by atoms with van der Waals surface area (Å²) in [5, 5.41) is 12.9. The molecule has 0 aromatic heterocycles. The van der Waals surface area contributed by atoms with Gasteiger partial charge in [-0.25, -0.2) is 0 Å². The third-order valence-electron chi connectivity index (χ3n) is 6.85. The van der Waals surface area contributed by atoms with Crippen LogP contribution in [0.25, 0.3) is 0 Å². The molecule has 5 rings (SSSR count). The normalized spacial score (nSPS) is 30.0. The van der Waals surface area contributed by atoms with E-state index < -0.39 is 29.6 Å². The van der Waals surface area contributed by atoms with Gasteiger partial charge in [0.25, 0.3) is 5.91 Å². The highest BCUT2D eigenvalue weighted by molar-refractivity contribution is 9.10. The van der Waals surface area contributed by atoms with Gasteiger partial charge in [-0.05, 0) is 68.2 Å². The summed E-state index contributed by atoms with van der Waals surface area (Å²) in [5.41, 5.74) is -1.24. The Morgan fingerprint density at radius 1 is 1.23 bits per heavy atom. The van der Waals surface area contributed by atoms with Gasteiger partial charge < -0.3 is 15.3 Å². The van der Waals surface area contributed by atoms with Crippen LogP contribution >= 0.6 is 15.9 Å². The van der Waals surface area contributed by atoms with Gasteiger partial charge in [0.05, 0.1) is 12.0 Å². The number of amides is 2. The van der Waals surface area contributed by atoms with E-state index in [1.54, 1.807) is 0 Å². The molecule has 2 aliphatic carbocycles. The molecule has 4 aliphatic rings. The van der Waals surface area contributed by atoms with Crippen LogP contribution in [0.4, 0.5) is 13.2 Å². The highest BCUT2D eigenvalue weighted by atomic mass is 79.9. The second kappa shape index (κ2) is 7.51. The van der Waals surface area contributed by atoms with Gasteiger partial charge >= 0.3 is 6.18 Å². The molecule has 164 valence electrons. The molecule has 2 heterocycles. The first kappa shape index (κ1) is 21.6. The van der Waals surface area contributed by atoms with E-state index in [2.05, 4.69) is 21.2 Å². The largest absolute Gasteiger partial charge is 0.426 e. The Kier molecular flexibility index (Phi) is 5.41. The lowest BCUT2D eigenvalue weighted by molar-refractivity contribution is -0.253. The van der Waals surface area contributed by atoms with E-state index in [4.69, 9.17) is 0 Å². The molecule has 1 aromatic carbocycles. The maximum atomic E-state index is 13.2. The summed E-state index contributed by atoms with van der Waals surface area (Å²) < 4.78 is 40.5. The first-order valence-corrected chi connectivity index (χ1v) is 11.0. The highest BCUT2D eigenvalue weighted by Crippen LogP contribution is 2.43. The van der Waals surface area contributed by atoms with E-state index in [1.807, 2.05) is 18.2 Å². The Labute approximate surface area is 181 Å². The van der Waals surface area contributed by atoms with Crippen LogP contribution in [0.2, 0.25) is 0 Å². The summed E-state index contributed by atoms with van der Waals surface area (Å²) in [4.78, 5) is 26.8. The first-order valence-electron chi connectivity index (χ1n) is 10.2. The van der Waals surface area contributed by atoms with E-state index in [1.165, 1.54) is 5.56 Å². The highest BCUT2D eigenvalue weighted by Gasteiger charge is 2.59. The molecule has 2 saturated heterocycles. The van der Waals surface area contributed by atoms with Crippen molar-refractivity contribution < 1.29 is 27.9 Å². The number of hydrogen-bond donors (Lipinski definition) is 2. The molecule has 2 amide bonds. The lowest BCUT2D eigenvalue weighted by Crippen LogP contribution is -2.65. The van der Waals surface area contributed by atoms with Gasteiger partial charge in [-0.3, -0.25) is 9.59 Å². The van der Waals surface area contributed by atoms with Crippen molar-refractivity contribution in [3.05, 3.63) is 33.8 Å². The predicted molar refractivity (Wildman–Crippen MR) is 106 cm³/mol. The third kappa shape index (κ3) is 3.64. The van der Waals surface area contributed by atoms with Crippen LogP contribution in [0, 0.1) is 11.8 Å². The van der Waals surface area contributed by atoms with Crippen LogP contribution in [0.3, 0.4) is 0 Å². The smallest absolute Gasteiger partial charge is 0.373 e. The Balaban J connectivity index is 1.51.